The number of fused-ring (bicyclic) bond motifs is 2. The van der Waals surface area contributed by atoms with Crippen molar-refractivity contribution < 1.29 is 128 Å². The number of nitrogens with one attached hydrogen (secondary N) is 5. The van der Waals surface area contributed by atoms with E-state index in [4.69, 9.17) is 15.5 Å². The van der Waals surface area contributed by atoms with Crippen molar-refractivity contribution in [3.05, 3.63) is 65.0 Å². The molecule has 0 aliphatic carbocycles. The maximum Gasteiger partial charge on any atom is 1.00 e. The number of hydrogen-bond acceptors (Lipinski definition) is 21. The molecule has 2 aromatic rings. The number of aliphatic hydroxyl groups is 7. The van der Waals surface area contributed by atoms with Crippen molar-refractivity contribution >= 4 is 53.7 Å². The van der Waals surface area contributed by atoms with E-state index >= 15 is 0 Å². The summed E-state index contributed by atoms with van der Waals surface area (Å²) < 4.78 is 14.9. The Morgan fingerprint density at radius 2 is 1.49 bits per heavy atom. The van der Waals surface area contributed by atoms with Gasteiger partial charge in [0.05, 0.1) is 31.0 Å². The summed E-state index contributed by atoms with van der Waals surface area (Å²) in [6.45, 7) is 9.97. The second kappa shape index (κ2) is 32.3. The van der Waals surface area contributed by atoms with Crippen molar-refractivity contribution in [3.63, 3.8) is 0 Å². The van der Waals surface area contributed by atoms with Crippen LogP contribution in [-0.4, -0.2) is 198 Å². The quantitative estimate of drug-likeness (QED) is 0.0146. The number of hydrogen-bond donors (Lipinski definition) is 13. The molecule has 3 aliphatic heterocycles. The van der Waals surface area contributed by atoms with Gasteiger partial charge in [0.2, 0.25) is 42.0 Å². The molecule has 14 atom stereocenters. The van der Waals surface area contributed by atoms with Gasteiger partial charge in [-0.3, -0.25) is 38.6 Å². The van der Waals surface area contributed by atoms with Crippen LogP contribution in [0.2, 0.25) is 0 Å². The summed E-state index contributed by atoms with van der Waals surface area (Å²) in [7, 11) is 0. The number of nitrogens with zero attached hydrogens (tertiary/aromatic N) is 3. The Kier molecular flexibility index (Phi) is 27.1. The maximum atomic E-state index is 14.5. The van der Waals surface area contributed by atoms with E-state index in [9.17, 15) is 79.7 Å². The summed E-state index contributed by atoms with van der Waals surface area (Å²) >= 11 is -0.0705. The molecule has 3 aliphatic rings. The molecule has 3 heterocycles. The minimum atomic E-state index is -2.49. The predicted octanol–water partition coefficient (Wildman–Crippen LogP) is -6.34. The van der Waals surface area contributed by atoms with Crippen LogP contribution in [0.25, 0.3) is 4.85 Å². The Balaban J connectivity index is 0.0000138. The third-order valence-electron chi connectivity index (χ3n) is 13.7. The van der Waals surface area contributed by atoms with E-state index in [2.05, 4.69) is 47.7 Å². The average molecular weight is 1160 g/mol. The summed E-state index contributed by atoms with van der Waals surface area (Å²) in [5.41, 5.74) is -0.308. The Hall–Kier alpha value is -5.43. The summed E-state index contributed by atoms with van der Waals surface area (Å²) in [4.78, 5) is 105. The fraction of sp³-hybridized carbons (Fsp3) is 0.600. The molecule has 0 bridgehead atoms. The molecule has 0 spiro atoms. The molecule has 28 nitrogen and oxygen atoms in total. The van der Waals surface area contributed by atoms with Gasteiger partial charge in [0.25, 0.3) is 18.2 Å². The fourth-order valence-corrected chi connectivity index (χ4v) is 9.58. The van der Waals surface area contributed by atoms with Gasteiger partial charge < -0.3 is 96.3 Å². The van der Waals surface area contributed by atoms with E-state index < -0.39 is 177 Å². The average Bonchev–Trinajstić information content (AvgIpc) is 3.98. The zero-order chi connectivity index (χ0) is 58.1. The van der Waals surface area contributed by atoms with Crippen LogP contribution in [-0.2, 0) is 38.1 Å². The van der Waals surface area contributed by atoms with Crippen molar-refractivity contribution in [2.24, 2.45) is 5.92 Å². The number of β-amino-alcohol motifs (C(OH)–C–C–N with tert-alkyl or cyclic N) is 1. The molecule has 0 radical (unpaired) electrons. The first-order valence-electron chi connectivity index (χ1n) is 25.7. The molecule has 0 unspecified atom stereocenters. The minimum absolute atomic E-state index is 0. The van der Waals surface area contributed by atoms with Gasteiger partial charge in [0, 0.05) is 44.0 Å². The Labute approximate surface area is 487 Å². The Morgan fingerprint density at radius 1 is 0.838 bits per heavy atom. The van der Waals surface area contributed by atoms with E-state index in [0.29, 0.717) is 12.4 Å². The molecular formula is C50H69N8NaO20S. The molecule has 436 valence electrons. The van der Waals surface area contributed by atoms with Gasteiger partial charge in [-0.15, -0.1) is 4.33 Å². The van der Waals surface area contributed by atoms with E-state index in [-0.39, 0.29) is 53.0 Å². The zero-order valence-electron chi connectivity index (χ0n) is 44.5. The molecule has 0 aromatic heterocycles. The van der Waals surface area contributed by atoms with Crippen LogP contribution in [0.5, 0.6) is 17.2 Å². The van der Waals surface area contributed by atoms with Gasteiger partial charge in [-0.2, -0.15) is 0 Å². The van der Waals surface area contributed by atoms with Crippen LogP contribution < -0.4 is 70.3 Å². The molecule has 13 N–H and O–H groups in total. The molecule has 80 heavy (non-hydrogen) atoms. The first-order valence-corrected chi connectivity index (χ1v) is 26.3. The number of phenolic OH excluding ortho intramolecular Hbond substituents is 1. The summed E-state index contributed by atoms with van der Waals surface area (Å²) in [5, 5.41) is 115. The molecule has 5 rings (SSSR count). The van der Waals surface area contributed by atoms with Crippen molar-refractivity contribution in [2.75, 3.05) is 32.8 Å². The molecule has 3 fully saturated rings. The third kappa shape index (κ3) is 18.0. The largest absolute Gasteiger partial charge is 1.00 e. The molecule has 30 heteroatoms. The molecule has 0 saturated carbocycles. The third-order valence-corrected chi connectivity index (χ3v) is 14.0. The Morgan fingerprint density at radius 3 is 2.15 bits per heavy atom. The first kappa shape index (κ1) is 67.1. The van der Waals surface area contributed by atoms with Gasteiger partial charge >= 0.3 is 29.6 Å². The number of aromatic hydroxyl groups is 1. The smallest absolute Gasteiger partial charge is 0.691 e. The van der Waals surface area contributed by atoms with Crippen LogP contribution in [0.3, 0.4) is 0 Å². The number of benzene rings is 2. The fourth-order valence-electron chi connectivity index (χ4n) is 9.33. The Bertz CT molecular complexity index is 2460. The second-order valence-electron chi connectivity index (χ2n) is 19.7. The van der Waals surface area contributed by atoms with Crippen LogP contribution in [0.4, 0.5) is 0 Å². The summed E-state index contributed by atoms with van der Waals surface area (Å²) in [5.74, 6) is -9.89. The maximum absolute atomic E-state index is 14.5. The van der Waals surface area contributed by atoms with Crippen molar-refractivity contribution in [1.29, 1.82) is 0 Å². The van der Waals surface area contributed by atoms with Gasteiger partial charge in [-0.05, 0) is 55.3 Å². The predicted molar refractivity (Wildman–Crippen MR) is 271 cm³/mol. The number of unbranched alkanes of at least 4 members (excludes halogenated alkanes) is 5. The molecule has 7 amide bonds. The first-order chi connectivity index (χ1) is 37.6. The molecule has 2 aromatic carbocycles. The topological polar surface area (TPSA) is 412 Å². The number of carbonyl (C=O) groups is 7. The van der Waals surface area contributed by atoms with Crippen molar-refractivity contribution in [1.82, 2.24) is 36.4 Å². The summed E-state index contributed by atoms with van der Waals surface area (Å²) in [6, 6.07) is -3.07. The van der Waals surface area contributed by atoms with Gasteiger partial charge in [-0.1, -0.05) is 52.0 Å². The second-order valence-corrected chi connectivity index (χ2v) is 20.1. The van der Waals surface area contributed by atoms with E-state index in [1.54, 1.807) is 0 Å². The van der Waals surface area contributed by atoms with E-state index in [0.717, 1.165) is 73.4 Å². The zero-order valence-corrected chi connectivity index (χ0v) is 47.4. The number of ether oxygens (including phenoxy) is 1. The minimum Gasteiger partial charge on any atom is -0.691 e. The van der Waals surface area contributed by atoms with E-state index in [1.807, 2.05) is 0 Å². The standard InChI is InChI=1S/C50H70N8O20S.Na/c1-5-6-7-8-9-10-17-75-31-14-11-27(12-15-31)44(67)53-32-19-29(60)21-52-48(71)40-41(64)25(2)23-58(40)50(73)38(35(63)22-51-4)55-47(70)39(43(66)42(65)28-13-16-34(62)36(18-28)76-79-78-77-74)56-46(69)33-20-30(61)24-57(33)49(72)37(26(3)59)54-45(32)68;/h11-16,18,25-26,29-30,32-33,35,37-43,59-66,74H,5-10,17,19-24H2,1-3H3,(H,52,71)(H,53,67)(H,54,68)(H,55,70)(H,56,69);/q;+1/p-1/t25-,26+,29+,30+,32+,33+,35-,37+,38+,39+,40+,41+,42+,43+;/m1./s1. The van der Waals surface area contributed by atoms with Gasteiger partial charge in [0.1, 0.15) is 54.2 Å². The van der Waals surface area contributed by atoms with Gasteiger partial charge in [0.15, 0.2) is 17.6 Å². The van der Waals surface area contributed by atoms with Crippen molar-refractivity contribution in [2.45, 2.75) is 151 Å². The molecular weight excluding hydrogens is 1090 g/mol. The SMILES string of the molecule is [C-]#[N+]C[C@@H](O)[C@@H]1NC(=O)[C@H]([C@H](O)[C@@H](O)c2ccc(O)c(OSOO[O-])c2)NC(=O)[C@@H]2C[C@H](O)CN2C(=O)[C@H]([C@H](C)O)NC(=O)[C@@H](NC(=O)c2ccc(OCCCCCCCC)cc2)C[C@H](O)CNC(=O)[C@@H]2[C@@H](O)[C@H](C)CN2C1=O.[Na+]. The van der Waals surface area contributed by atoms with Crippen LogP contribution in [0.1, 0.15) is 94.2 Å². The number of rotatable bonds is 20. The monoisotopic (exact) mass is 1160 g/mol. The number of aliphatic hydroxyl groups excluding tert-OH is 7. The van der Waals surface area contributed by atoms with Crippen LogP contribution in [0, 0.1) is 12.5 Å². The van der Waals surface area contributed by atoms with Crippen LogP contribution in [0.15, 0.2) is 42.5 Å². The number of phenols is 1. The van der Waals surface area contributed by atoms with Gasteiger partial charge in [-0.25, -0.2) is 6.57 Å². The van der Waals surface area contributed by atoms with Crippen LogP contribution >= 0.6 is 12.3 Å². The number of amides is 7. The molecule has 3 saturated heterocycles. The van der Waals surface area contributed by atoms with E-state index in [1.165, 1.54) is 31.2 Å². The van der Waals surface area contributed by atoms with Crippen molar-refractivity contribution in [3.8, 4) is 17.2 Å². The summed E-state index contributed by atoms with van der Waals surface area (Å²) in [6.07, 6.45) is -8.36. The normalized spacial score (nSPS) is 26.8. The number of carbonyl (C=O) groups excluding carboxylic acids is 7.